The molecule has 3 heteroatoms. The van der Waals surface area contributed by atoms with Gasteiger partial charge in [0.2, 0.25) is 0 Å². The second-order valence-electron chi connectivity index (χ2n) is 3.49. The number of halogens is 1. The van der Waals surface area contributed by atoms with Gasteiger partial charge in [-0.3, -0.25) is 9.78 Å². The van der Waals surface area contributed by atoms with Crippen molar-refractivity contribution in [3.05, 3.63) is 70.5 Å². The molecule has 84 valence electrons. The van der Waals surface area contributed by atoms with Crippen LogP contribution in [0.25, 0.3) is 6.08 Å². The normalized spacial score (nSPS) is 10.6. The average Bonchev–Trinajstić information content (AvgIpc) is 2.37. The molecular formula is C14H10BrNO. The second-order valence-corrected chi connectivity index (χ2v) is 4.41. The minimum absolute atomic E-state index is 0.0184. The minimum atomic E-state index is -0.0184. The summed E-state index contributed by atoms with van der Waals surface area (Å²) in [6.45, 7) is 0. The van der Waals surface area contributed by atoms with Gasteiger partial charge in [0.25, 0.3) is 0 Å². The highest BCUT2D eigenvalue weighted by Gasteiger charge is 2.01. The third kappa shape index (κ3) is 3.36. The molecular weight excluding hydrogens is 278 g/mol. The summed E-state index contributed by atoms with van der Waals surface area (Å²) in [6, 6.07) is 11.1. The van der Waals surface area contributed by atoms with E-state index in [2.05, 4.69) is 20.9 Å². The number of hydrogen-bond donors (Lipinski definition) is 0. The monoisotopic (exact) mass is 287 g/mol. The molecule has 0 fully saturated rings. The molecule has 2 aromatic rings. The van der Waals surface area contributed by atoms with Gasteiger partial charge in [-0.15, -0.1) is 0 Å². The minimum Gasteiger partial charge on any atom is -0.289 e. The first kappa shape index (κ1) is 11.7. The molecule has 0 N–H and O–H groups in total. The number of ketones is 1. The van der Waals surface area contributed by atoms with E-state index in [9.17, 15) is 4.79 Å². The lowest BCUT2D eigenvalue weighted by Crippen LogP contribution is -1.93. The number of aromatic nitrogens is 1. The molecule has 0 aliphatic rings. The summed E-state index contributed by atoms with van der Waals surface area (Å²) in [7, 11) is 0. The van der Waals surface area contributed by atoms with Crippen molar-refractivity contribution in [2.75, 3.05) is 0 Å². The lowest BCUT2D eigenvalue weighted by Gasteiger charge is -1.96. The van der Waals surface area contributed by atoms with Crippen LogP contribution in [0, 0.1) is 0 Å². The Balaban J connectivity index is 2.15. The van der Waals surface area contributed by atoms with Gasteiger partial charge in [-0.25, -0.2) is 0 Å². The molecule has 17 heavy (non-hydrogen) atoms. The molecule has 0 spiro atoms. The number of allylic oxidation sites excluding steroid dienone is 1. The molecule has 0 saturated carbocycles. The van der Waals surface area contributed by atoms with Crippen LogP contribution in [0.15, 0.2) is 59.3 Å². The number of pyridine rings is 1. The van der Waals surface area contributed by atoms with Gasteiger partial charge in [0.15, 0.2) is 5.78 Å². The third-order valence-electron chi connectivity index (χ3n) is 2.22. The number of hydrogen-bond acceptors (Lipinski definition) is 2. The fourth-order valence-electron chi connectivity index (χ4n) is 1.38. The first-order valence-corrected chi connectivity index (χ1v) is 5.93. The van der Waals surface area contributed by atoms with Crippen molar-refractivity contribution in [3.63, 3.8) is 0 Å². The molecule has 1 heterocycles. The van der Waals surface area contributed by atoms with Crippen molar-refractivity contribution in [1.82, 2.24) is 4.98 Å². The topological polar surface area (TPSA) is 30.0 Å². The van der Waals surface area contributed by atoms with Gasteiger partial charge < -0.3 is 0 Å². The Hall–Kier alpha value is -1.74. The zero-order chi connectivity index (χ0) is 12.1. The molecule has 0 unspecified atom stereocenters. The van der Waals surface area contributed by atoms with E-state index in [4.69, 9.17) is 0 Å². The maximum atomic E-state index is 11.8. The Morgan fingerprint density at radius 3 is 2.82 bits per heavy atom. The number of nitrogens with zero attached hydrogens (tertiary/aromatic N) is 1. The lowest BCUT2D eigenvalue weighted by atomic mass is 10.1. The molecule has 0 bridgehead atoms. The van der Waals surface area contributed by atoms with Crippen molar-refractivity contribution in [2.45, 2.75) is 0 Å². The van der Waals surface area contributed by atoms with Crippen molar-refractivity contribution in [3.8, 4) is 0 Å². The van der Waals surface area contributed by atoms with Gasteiger partial charge in [0, 0.05) is 22.4 Å². The average molecular weight is 288 g/mol. The summed E-state index contributed by atoms with van der Waals surface area (Å²) < 4.78 is 0.901. The summed E-state index contributed by atoms with van der Waals surface area (Å²) in [5.74, 6) is -0.0184. The number of benzene rings is 1. The standard InChI is InChI=1S/C14H10BrNO/c15-13-5-1-4-12(9-13)14(17)7-6-11-3-2-8-16-10-11/h1-10H. The summed E-state index contributed by atoms with van der Waals surface area (Å²) in [4.78, 5) is 15.8. The van der Waals surface area contributed by atoms with E-state index in [1.54, 1.807) is 36.7 Å². The summed E-state index contributed by atoms with van der Waals surface area (Å²) >= 11 is 3.34. The van der Waals surface area contributed by atoms with Crippen molar-refractivity contribution < 1.29 is 4.79 Å². The van der Waals surface area contributed by atoms with E-state index in [1.165, 1.54) is 0 Å². The molecule has 1 aromatic heterocycles. The van der Waals surface area contributed by atoms with E-state index in [0.717, 1.165) is 10.0 Å². The maximum Gasteiger partial charge on any atom is 0.185 e. The Kier molecular flexibility index (Phi) is 3.83. The van der Waals surface area contributed by atoms with E-state index in [1.807, 2.05) is 24.3 Å². The van der Waals surface area contributed by atoms with E-state index >= 15 is 0 Å². The highest BCUT2D eigenvalue weighted by molar-refractivity contribution is 9.10. The van der Waals surface area contributed by atoms with Crippen molar-refractivity contribution in [1.29, 1.82) is 0 Å². The van der Waals surface area contributed by atoms with E-state index in [-0.39, 0.29) is 5.78 Å². The lowest BCUT2D eigenvalue weighted by molar-refractivity contribution is 0.104. The molecule has 0 saturated heterocycles. The van der Waals surface area contributed by atoms with Crippen LogP contribution >= 0.6 is 15.9 Å². The van der Waals surface area contributed by atoms with Gasteiger partial charge in [0.1, 0.15) is 0 Å². The predicted octanol–water partition coefficient (Wildman–Crippen LogP) is 3.74. The smallest absolute Gasteiger partial charge is 0.185 e. The van der Waals surface area contributed by atoms with Crippen LogP contribution in [-0.2, 0) is 0 Å². The molecule has 2 rings (SSSR count). The van der Waals surface area contributed by atoms with Gasteiger partial charge >= 0.3 is 0 Å². The zero-order valence-corrected chi connectivity index (χ0v) is 10.6. The Morgan fingerprint density at radius 1 is 1.24 bits per heavy atom. The summed E-state index contributed by atoms with van der Waals surface area (Å²) in [5.41, 5.74) is 1.58. The Labute approximate surface area is 108 Å². The SMILES string of the molecule is O=C(C=Cc1cccnc1)c1cccc(Br)c1. The molecule has 0 atom stereocenters. The van der Waals surface area contributed by atoms with Gasteiger partial charge in [-0.2, -0.15) is 0 Å². The zero-order valence-electron chi connectivity index (χ0n) is 9.01. The first-order chi connectivity index (χ1) is 8.25. The quantitative estimate of drug-likeness (QED) is 0.636. The molecule has 0 radical (unpaired) electrons. The van der Waals surface area contributed by atoms with Gasteiger partial charge in [-0.05, 0) is 35.9 Å². The summed E-state index contributed by atoms with van der Waals surface area (Å²) in [5, 5.41) is 0. The van der Waals surface area contributed by atoms with Gasteiger partial charge in [-0.1, -0.05) is 34.1 Å². The second kappa shape index (κ2) is 5.55. The fraction of sp³-hybridized carbons (Fsp3) is 0. The Morgan fingerprint density at radius 2 is 2.12 bits per heavy atom. The molecule has 1 aromatic carbocycles. The molecule has 0 aliphatic heterocycles. The fourth-order valence-corrected chi connectivity index (χ4v) is 1.78. The number of carbonyl (C=O) groups excluding carboxylic acids is 1. The largest absolute Gasteiger partial charge is 0.289 e. The highest BCUT2D eigenvalue weighted by atomic mass is 79.9. The number of rotatable bonds is 3. The van der Waals surface area contributed by atoms with Crippen LogP contribution in [0.3, 0.4) is 0 Å². The van der Waals surface area contributed by atoms with Crippen LogP contribution in [0.4, 0.5) is 0 Å². The van der Waals surface area contributed by atoms with Crippen LogP contribution in [-0.4, -0.2) is 10.8 Å². The summed E-state index contributed by atoms with van der Waals surface area (Å²) in [6.07, 6.45) is 6.73. The maximum absolute atomic E-state index is 11.8. The van der Waals surface area contributed by atoms with Crippen molar-refractivity contribution >= 4 is 27.8 Å². The molecule has 0 amide bonds. The first-order valence-electron chi connectivity index (χ1n) is 5.14. The van der Waals surface area contributed by atoms with Crippen LogP contribution in [0.1, 0.15) is 15.9 Å². The Bertz CT molecular complexity index is 549. The van der Waals surface area contributed by atoms with Crippen molar-refractivity contribution in [2.24, 2.45) is 0 Å². The predicted molar refractivity (Wildman–Crippen MR) is 71.7 cm³/mol. The van der Waals surface area contributed by atoms with Crippen LogP contribution < -0.4 is 0 Å². The third-order valence-corrected chi connectivity index (χ3v) is 2.71. The van der Waals surface area contributed by atoms with E-state index in [0.29, 0.717) is 5.56 Å². The molecule has 0 aliphatic carbocycles. The highest BCUT2D eigenvalue weighted by Crippen LogP contribution is 2.13. The number of carbonyl (C=O) groups is 1. The molecule has 2 nitrogen and oxygen atoms in total. The van der Waals surface area contributed by atoms with Gasteiger partial charge in [0.05, 0.1) is 0 Å². The van der Waals surface area contributed by atoms with E-state index < -0.39 is 0 Å². The van der Waals surface area contributed by atoms with Crippen LogP contribution in [0.5, 0.6) is 0 Å². The van der Waals surface area contributed by atoms with Crippen LogP contribution in [0.2, 0.25) is 0 Å².